The van der Waals surface area contributed by atoms with Crippen molar-refractivity contribution in [2.75, 3.05) is 6.61 Å². The highest BCUT2D eigenvalue weighted by Gasteiger charge is 2.15. The summed E-state index contributed by atoms with van der Waals surface area (Å²) in [5.41, 5.74) is 2.42. The Morgan fingerprint density at radius 3 is 2.81 bits per heavy atom. The molecule has 0 aliphatic carbocycles. The topological polar surface area (TPSA) is 78.5 Å². The summed E-state index contributed by atoms with van der Waals surface area (Å²) in [7, 11) is 1.70. The number of rotatable bonds is 4. The molecule has 1 amide bonds. The Kier molecular flexibility index (Phi) is 5.23. The van der Waals surface area contributed by atoms with Crippen molar-refractivity contribution in [3.8, 4) is 12.3 Å². The Morgan fingerprint density at radius 2 is 2.19 bits per heavy atom. The lowest BCUT2D eigenvalue weighted by Crippen LogP contribution is -2.18. The van der Waals surface area contributed by atoms with E-state index in [1.54, 1.807) is 42.9 Å². The van der Waals surface area contributed by atoms with E-state index in [0.29, 0.717) is 22.7 Å². The number of esters is 1. The zero-order valence-corrected chi connectivity index (χ0v) is 16.0. The number of hydrogen-bond donors (Lipinski definition) is 0. The molecule has 0 saturated heterocycles. The first-order valence-electron chi connectivity index (χ1n) is 8.28. The summed E-state index contributed by atoms with van der Waals surface area (Å²) in [6, 6.07) is 5.19. The molecule has 0 fully saturated rings. The Hall–Kier alpha value is -3.18. The molecule has 0 aliphatic heterocycles. The number of benzene rings is 1. The van der Waals surface area contributed by atoms with Gasteiger partial charge in [-0.2, -0.15) is 10.1 Å². The van der Waals surface area contributed by atoms with Gasteiger partial charge in [-0.15, -0.1) is 6.42 Å². The third kappa shape index (κ3) is 3.55. The number of thiazole rings is 1. The predicted molar refractivity (Wildman–Crippen MR) is 102 cm³/mol. The van der Waals surface area contributed by atoms with Crippen molar-refractivity contribution in [1.29, 1.82) is 0 Å². The second kappa shape index (κ2) is 7.60. The number of fused-ring (bicyclic) bond motifs is 1. The smallest absolute Gasteiger partial charge is 0.338 e. The molecule has 0 spiro atoms. The molecule has 8 heteroatoms. The number of terminal acetylenes is 1. The van der Waals surface area contributed by atoms with E-state index in [1.165, 1.54) is 16.0 Å². The lowest BCUT2D eigenvalue weighted by molar-refractivity contribution is 0.0526. The van der Waals surface area contributed by atoms with Crippen molar-refractivity contribution in [2.24, 2.45) is 12.0 Å². The van der Waals surface area contributed by atoms with Gasteiger partial charge in [0.05, 0.1) is 35.1 Å². The molecule has 0 bridgehead atoms. The van der Waals surface area contributed by atoms with Crippen LogP contribution in [0.15, 0.2) is 29.4 Å². The number of carbonyl (C=O) groups excluding carboxylic acids is 2. The van der Waals surface area contributed by atoms with Gasteiger partial charge in [0.25, 0.3) is 5.91 Å². The number of hydrogen-bond acceptors (Lipinski definition) is 5. The standard InChI is InChI=1S/C19H18N4O3S/c1-5-9-23-14-8-7-13(18(25)26-6-2)10-15(14)27-19(23)21-17(24)16-12(3)11-20-22(16)4/h1,7-8,10-11H,6,9H2,2-4H3. The molecule has 0 radical (unpaired) electrons. The van der Waals surface area contributed by atoms with Gasteiger partial charge in [-0.3, -0.25) is 9.48 Å². The molecule has 3 aromatic rings. The van der Waals surface area contributed by atoms with Crippen LogP contribution in [-0.2, 0) is 18.3 Å². The van der Waals surface area contributed by atoms with Crippen LogP contribution in [0.1, 0.15) is 33.3 Å². The second-order valence-electron chi connectivity index (χ2n) is 5.79. The molecule has 0 N–H and O–H groups in total. The number of carbonyl (C=O) groups is 2. The van der Waals surface area contributed by atoms with Gasteiger partial charge in [0, 0.05) is 12.6 Å². The van der Waals surface area contributed by atoms with Crippen LogP contribution < -0.4 is 4.80 Å². The van der Waals surface area contributed by atoms with Gasteiger partial charge in [0.1, 0.15) is 5.69 Å². The van der Waals surface area contributed by atoms with E-state index in [9.17, 15) is 9.59 Å². The van der Waals surface area contributed by atoms with Crippen molar-refractivity contribution < 1.29 is 14.3 Å². The molecule has 0 unspecified atom stereocenters. The normalized spacial score (nSPS) is 11.6. The van der Waals surface area contributed by atoms with Gasteiger partial charge >= 0.3 is 5.97 Å². The molecular formula is C19H18N4O3S. The highest BCUT2D eigenvalue weighted by atomic mass is 32.1. The molecule has 7 nitrogen and oxygen atoms in total. The number of amides is 1. The van der Waals surface area contributed by atoms with Gasteiger partial charge in [-0.1, -0.05) is 17.3 Å². The van der Waals surface area contributed by atoms with Gasteiger partial charge in [-0.05, 0) is 32.0 Å². The fourth-order valence-corrected chi connectivity index (χ4v) is 3.81. The van der Waals surface area contributed by atoms with Crippen LogP contribution in [0.5, 0.6) is 0 Å². The minimum Gasteiger partial charge on any atom is -0.462 e. The Labute approximate surface area is 159 Å². The third-order valence-electron chi connectivity index (χ3n) is 3.96. The maximum atomic E-state index is 12.7. The molecule has 2 aromatic heterocycles. The molecule has 2 heterocycles. The summed E-state index contributed by atoms with van der Waals surface area (Å²) in [6.45, 7) is 4.13. The fraction of sp³-hybridized carbons (Fsp3) is 0.263. The molecule has 0 aliphatic rings. The number of ether oxygens (including phenoxy) is 1. The molecule has 27 heavy (non-hydrogen) atoms. The summed E-state index contributed by atoms with van der Waals surface area (Å²) in [4.78, 5) is 29.3. The molecule has 0 atom stereocenters. The summed E-state index contributed by atoms with van der Waals surface area (Å²) in [5.74, 6) is 1.79. The van der Waals surface area contributed by atoms with E-state index in [1.807, 2.05) is 6.92 Å². The highest BCUT2D eigenvalue weighted by Crippen LogP contribution is 2.20. The summed E-state index contributed by atoms with van der Waals surface area (Å²) >= 11 is 1.29. The third-order valence-corrected chi connectivity index (χ3v) is 5.01. The Balaban J connectivity index is 2.14. The molecule has 3 rings (SSSR count). The van der Waals surface area contributed by atoms with E-state index in [-0.39, 0.29) is 6.54 Å². The van der Waals surface area contributed by atoms with Gasteiger partial charge in [-0.25, -0.2) is 4.79 Å². The lowest BCUT2D eigenvalue weighted by Gasteiger charge is -2.03. The van der Waals surface area contributed by atoms with Crippen LogP contribution in [0.3, 0.4) is 0 Å². The summed E-state index contributed by atoms with van der Waals surface area (Å²) < 4.78 is 9.11. The Morgan fingerprint density at radius 1 is 1.41 bits per heavy atom. The van der Waals surface area contributed by atoms with Crippen molar-refractivity contribution in [3.63, 3.8) is 0 Å². The average Bonchev–Trinajstić information content (AvgIpc) is 3.14. The van der Waals surface area contributed by atoms with Crippen LogP contribution in [0.2, 0.25) is 0 Å². The zero-order valence-electron chi connectivity index (χ0n) is 15.2. The SMILES string of the molecule is C#CCn1c(=NC(=O)c2c(C)cnn2C)sc2cc(C(=O)OCC)ccc21. The highest BCUT2D eigenvalue weighted by molar-refractivity contribution is 7.16. The van der Waals surface area contributed by atoms with Crippen molar-refractivity contribution >= 4 is 33.4 Å². The maximum absolute atomic E-state index is 12.7. The van der Waals surface area contributed by atoms with Gasteiger partial charge < -0.3 is 9.30 Å². The minimum atomic E-state index is -0.393. The maximum Gasteiger partial charge on any atom is 0.338 e. The predicted octanol–water partition coefficient (Wildman–Crippen LogP) is 2.30. The van der Waals surface area contributed by atoms with Crippen LogP contribution in [0.4, 0.5) is 0 Å². The summed E-state index contributed by atoms with van der Waals surface area (Å²) in [5, 5.41) is 4.08. The largest absolute Gasteiger partial charge is 0.462 e. The first kappa shape index (κ1) is 18.6. The van der Waals surface area contributed by atoms with E-state index >= 15 is 0 Å². The minimum absolute atomic E-state index is 0.259. The van der Waals surface area contributed by atoms with Crippen LogP contribution in [-0.4, -0.2) is 32.8 Å². The number of nitrogens with zero attached hydrogens (tertiary/aromatic N) is 4. The first-order chi connectivity index (χ1) is 13.0. The average molecular weight is 382 g/mol. The monoisotopic (exact) mass is 382 g/mol. The lowest BCUT2D eigenvalue weighted by atomic mass is 10.2. The van der Waals surface area contributed by atoms with E-state index in [2.05, 4.69) is 16.0 Å². The quantitative estimate of drug-likeness (QED) is 0.512. The van der Waals surface area contributed by atoms with Gasteiger partial charge in [0.2, 0.25) is 0 Å². The Bertz CT molecular complexity index is 1120. The van der Waals surface area contributed by atoms with Gasteiger partial charge in [0.15, 0.2) is 4.80 Å². The second-order valence-corrected chi connectivity index (χ2v) is 6.80. The number of aryl methyl sites for hydroxylation is 2. The van der Waals surface area contributed by atoms with E-state index in [4.69, 9.17) is 11.2 Å². The van der Waals surface area contributed by atoms with Crippen LogP contribution >= 0.6 is 11.3 Å². The van der Waals surface area contributed by atoms with Crippen molar-refractivity contribution in [3.05, 3.63) is 46.0 Å². The summed E-state index contributed by atoms with van der Waals surface area (Å²) in [6.07, 6.45) is 7.11. The molecular weight excluding hydrogens is 364 g/mol. The van der Waals surface area contributed by atoms with Crippen LogP contribution in [0.25, 0.3) is 10.2 Å². The molecule has 1 aromatic carbocycles. The first-order valence-corrected chi connectivity index (χ1v) is 9.09. The molecule has 0 saturated carbocycles. The fourth-order valence-electron chi connectivity index (χ4n) is 2.74. The van der Waals surface area contributed by atoms with Crippen molar-refractivity contribution in [1.82, 2.24) is 14.3 Å². The number of aromatic nitrogens is 3. The van der Waals surface area contributed by atoms with Crippen LogP contribution in [0, 0.1) is 19.3 Å². The van der Waals surface area contributed by atoms with E-state index < -0.39 is 11.9 Å². The van der Waals surface area contributed by atoms with E-state index in [0.717, 1.165) is 15.8 Å². The molecule has 138 valence electrons. The zero-order chi connectivity index (χ0) is 19.6. The van der Waals surface area contributed by atoms with Crippen molar-refractivity contribution in [2.45, 2.75) is 20.4 Å².